The first-order valence-corrected chi connectivity index (χ1v) is 16.1. The third-order valence-corrected chi connectivity index (χ3v) is 8.40. The molecule has 16 nitrogen and oxygen atoms in total. The van der Waals surface area contributed by atoms with E-state index in [9.17, 15) is 56.0 Å². The molecule has 6 N–H and O–H groups in total. The average molecular weight is 697 g/mol. The lowest BCUT2D eigenvalue weighted by molar-refractivity contribution is 0.0682. The first-order valence-electron chi connectivity index (χ1n) is 13.2. The number of carbonyl (C=O) groups is 2. The number of carboxylic acids is 2. The first-order chi connectivity index (χ1) is 22.3. The third kappa shape index (κ3) is 8.12. The summed E-state index contributed by atoms with van der Waals surface area (Å²) in [5.74, 6) is -3.73. The minimum Gasteiger partial charge on any atom is -0.507 e. The van der Waals surface area contributed by atoms with Crippen LogP contribution in [0.1, 0.15) is 43.0 Å². The summed E-state index contributed by atoms with van der Waals surface area (Å²) in [6.07, 6.45) is 2.29. The highest BCUT2D eigenvalue weighted by Gasteiger charge is 2.19. The predicted molar refractivity (Wildman–Crippen MR) is 169 cm³/mol. The maximum absolute atomic E-state index is 12.2. The molecule has 0 aliphatic carbocycles. The summed E-state index contributed by atoms with van der Waals surface area (Å²) < 4.78 is 68.5. The van der Waals surface area contributed by atoms with Crippen molar-refractivity contribution in [3.63, 3.8) is 0 Å². The number of hydrogen-bond acceptors (Lipinski definition) is 12. The minimum absolute atomic E-state index is 0.0315. The first kappa shape index (κ1) is 35.0. The molecular weight excluding hydrogens is 672 g/mol. The number of carboxylic acid groups (broad SMARTS) is 2. The number of hydrogen-bond donors (Lipinski definition) is 6. The number of rotatable bonds is 10. The lowest BCUT2D eigenvalue weighted by Crippen LogP contribution is -2.01. The summed E-state index contributed by atoms with van der Waals surface area (Å²) in [5.41, 5.74) is -0.775. The van der Waals surface area contributed by atoms with Gasteiger partial charge in [-0.15, -0.1) is 0 Å². The predicted octanol–water partition coefficient (Wildman–Crippen LogP) is 6.61. The fourth-order valence-electron chi connectivity index (χ4n) is 4.27. The molecule has 0 aliphatic heterocycles. The summed E-state index contributed by atoms with van der Waals surface area (Å²) in [4.78, 5) is 21.4. The molecule has 0 saturated heterocycles. The molecule has 0 unspecified atom stereocenters. The molecule has 0 spiro atoms. The normalized spacial score (nSPS) is 12.3. The Morgan fingerprint density at radius 3 is 1.21 bits per heavy atom. The lowest BCUT2D eigenvalue weighted by Gasteiger charge is -2.07. The molecule has 4 aromatic carbocycles. The molecule has 0 aliphatic rings. The van der Waals surface area contributed by atoms with Crippen LogP contribution < -0.4 is 0 Å². The van der Waals surface area contributed by atoms with Gasteiger partial charge in [0.25, 0.3) is 20.2 Å². The molecular formula is C30H24N4O12S2. The quantitative estimate of drug-likeness (QED) is 0.0581. The lowest BCUT2D eigenvalue weighted by atomic mass is 10.1. The Hall–Kier alpha value is -5.82. The monoisotopic (exact) mass is 696 g/mol. The summed E-state index contributed by atoms with van der Waals surface area (Å²) in [5, 5.41) is 53.9. The topological polar surface area (TPSA) is 273 Å². The van der Waals surface area contributed by atoms with Crippen molar-refractivity contribution in [3.8, 4) is 11.5 Å². The fourth-order valence-corrected chi connectivity index (χ4v) is 5.67. The SMILES string of the molecule is Cc1cc(N=Nc2ccc(/C=C\c3ccc(N=Nc4cc(C)c(O)c(C(=O)O)c4)cc3S(=O)(=O)O)c(S(=O)(=O)O)c2)cc(C(=O)O)c1O. The molecule has 0 heterocycles. The van der Waals surface area contributed by atoms with E-state index in [0.29, 0.717) is 0 Å². The average Bonchev–Trinajstić information content (AvgIpc) is 3.00. The number of benzene rings is 4. The highest BCUT2D eigenvalue weighted by Crippen LogP contribution is 2.33. The van der Waals surface area contributed by atoms with Gasteiger partial charge in [-0.25, -0.2) is 9.59 Å². The number of azo groups is 2. The van der Waals surface area contributed by atoms with E-state index in [0.717, 1.165) is 36.4 Å². The van der Waals surface area contributed by atoms with Gasteiger partial charge >= 0.3 is 11.9 Å². The van der Waals surface area contributed by atoms with Crippen molar-refractivity contribution in [2.45, 2.75) is 23.6 Å². The van der Waals surface area contributed by atoms with Crippen LogP contribution in [-0.2, 0) is 20.2 Å². The van der Waals surface area contributed by atoms with Crippen LogP contribution >= 0.6 is 0 Å². The van der Waals surface area contributed by atoms with Crippen molar-refractivity contribution in [1.82, 2.24) is 0 Å². The molecule has 0 bridgehead atoms. The van der Waals surface area contributed by atoms with Gasteiger partial charge in [0.15, 0.2) is 0 Å². The zero-order valence-corrected chi connectivity index (χ0v) is 26.3. The van der Waals surface area contributed by atoms with Gasteiger partial charge in [0, 0.05) is 0 Å². The second kappa shape index (κ2) is 13.5. The molecule has 4 rings (SSSR count). The van der Waals surface area contributed by atoms with E-state index >= 15 is 0 Å². The number of aromatic hydroxyl groups is 2. The number of aryl methyl sites for hydroxylation is 2. The van der Waals surface area contributed by atoms with Crippen LogP contribution in [0.3, 0.4) is 0 Å². The van der Waals surface area contributed by atoms with Gasteiger partial charge in [-0.2, -0.15) is 37.3 Å². The Morgan fingerprint density at radius 1 is 0.562 bits per heavy atom. The van der Waals surface area contributed by atoms with E-state index < -0.39 is 64.6 Å². The van der Waals surface area contributed by atoms with Gasteiger partial charge in [0.05, 0.1) is 22.7 Å². The van der Waals surface area contributed by atoms with E-state index in [1.165, 1.54) is 50.2 Å². The van der Waals surface area contributed by atoms with Crippen LogP contribution in [0.15, 0.2) is 90.9 Å². The van der Waals surface area contributed by atoms with Crippen LogP contribution in [0.25, 0.3) is 12.2 Å². The second-order valence-corrected chi connectivity index (χ2v) is 12.8. The Labute approximate surface area is 272 Å². The van der Waals surface area contributed by atoms with Crippen LogP contribution in [0.2, 0.25) is 0 Å². The molecule has 0 radical (unpaired) electrons. The van der Waals surface area contributed by atoms with Crippen molar-refractivity contribution < 1.29 is 56.0 Å². The summed E-state index contributed by atoms with van der Waals surface area (Å²) in [7, 11) is -9.76. The van der Waals surface area contributed by atoms with Gasteiger partial charge in [-0.05, 0) is 84.6 Å². The molecule has 48 heavy (non-hydrogen) atoms. The van der Waals surface area contributed by atoms with Gasteiger partial charge in [0.1, 0.15) is 32.4 Å². The summed E-state index contributed by atoms with van der Waals surface area (Å²) >= 11 is 0. The van der Waals surface area contributed by atoms with Crippen LogP contribution in [0, 0.1) is 13.8 Å². The van der Waals surface area contributed by atoms with E-state index in [1.54, 1.807) is 0 Å². The smallest absolute Gasteiger partial charge is 0.339 e. The number of phenols is 2. The maximum Gasteiger partial charge on any atom is 0.339 e. The molecule has 18 heteroatoms. The summed E-state index contributed by atoms with van der Waals surface area (Å²) in [6, 6.07) is 11.8. The number of aromatic carboxylic acids is 2. The van der Waals surface area contributed by atoms with Crippen molar-refractivity contribution in [2.24, 2.45) is 20.5 Å². The van der Waals surface area contributed by atoms with Crippen molar-refractivity contribution in [2.75, 3.05) is 0 Å². The fraction of sp³-hybridized carbons (Fsp3) is 0.0667. The van der Waals surface area contributed by atoms with Crippen LogP contribution in [0.5, 0.6) is 11.5 Å². The van der Waals surface area contributed by atoms with Crippen molar-refractivity contribution in [3.05, 3.63) is 94.0 Å². The molecule has 0 aromatic heterocycles. The Morgan fingerprint density at radius 2 is 0.896 bits per heavy atom. The van der Waals surface area contributed by atoms with Crippen molar-refractivity contribution >= 4 is 67.1 Å². The van der Waals surface area contributed by atoms with E-state index in [4.69, 9.17) is 0 Å². The highest BCUT2D eigenvalue weighted by molar-refractivity contribution is 7.86. The zero-order valence-electron chi connectivity index (χ0n) is 24.7. The number of nitrogens with zero attached hydrogens (tertiary/aromatic N) is 4. The van der Waals surface area contributed by atoms with Crippen LogP contribution in [-0.4, -0.2) is 58.3 Å². The zero-order chi connectivity index (χ0) is 35.6. The highest BCUT2D eigenvalue weighted by atomic mass is 32.2. The minimum atomic E-state index is -4.88. The van der Waals surface area contributed by atoms with Gasteiger partial charge in [0.2, 0.25) is 0 Å². The second-order valence-electron chi connectivity index (χ2n) is 10.1. The molecule has 0 fully saturated rings. The molecule has 4 aromatic rings. The molecule has 0 saturated carbocycles. The maximum atomic E-state index is 12.2. The van der Waals surface area contributed by atoms with Gasteiger partial charge in [-0.1, -0.05) is 24.3 Å². The van der Waals surface area contributed by atoms with Gasteiger partial charge < -0.3 is 20.4 Å². The standard InChI is InChI=1S/C30H24N4O12S2/c1-15-9-21(11-23(27(15)35)29(37)38)33-31-19-7-5-17(25(13-19)47(41,42)43)3-4-18-6-8-20(14-26(18)48(44,45)46)32-34-22-10-16(2)28(36)24(12-22)30(39)40/h3-14,35-36H,1-2H3,(H,37,38)(H,39,40)(H,41,42,43)(H,44,45,46)/b4-3-,33-31?,34-32?. The third-order valence-electron chi connectivity index (χ3n) is 6.59. The summed E-state index contributed by atoms with van der Waals surface area (Å²) in [6.45, 7) is 2.89. The Balaban J connectivity index is 1.68. The van der Waals surface area contributed by atoms with E-state index in [1.807, 2.05) is 0 Å². The molecule has 248 valence electrons. The van der Waals surface area contributed by atoms with E-state index in [2.05, 4.69) is 20.5 Å². The largest absolute Gasteiger partial charge is 0.507 e. The molecule has 0 amide bonds. The Bertz CT molecular complexity index is 2140. The van der Waals surface area contributed by atoms with Crippen LogP contribution in [0.4, 0.5) is 22.7 Å². The Kier molecular flexibility index (Phi) is 9.85. The van der Waals surface area contributed by atoms with Gasteiger partial charge in [-0.3, -0.25) is 9.11 Å². The van der Waals surface area contributed by atoms with Crippen molar-refractivity contribution in [1.29, 1.82) is 0 Å². The van der Waals surface area contributed by atoms with E-state index in [-0.39, 0.29) is 45.0 Å². The molecule has 0 atom stereocenters.